The van der Waals surface area contributed by atoms with Gasteiger partial charge in [0.1, 0.15) is 6.04 Å². The molecule has 2 unspecified atom stereocenters. The molecule has 2 atom stereocenters. The van der Waals surface area contributed by atoms with Gasteiger partial charge in [-0.3, -0.25) is 4.79 Å². The van der Waals surface area contributed by atoms with Crippen molar-refractivity contribution in [3.8, 4) is 0 Å². The average molecular weight is 160 g/mol. The third-order valence-electron chi connectivity index (χ3n) is 1.66. The molecule has 0 aromatic rings. The molecule has 0 aliphatic heterocycles. The van der Waals surface area contributed by atoms with Crippen molar-refractivity contribution >= 4 is 5.97 Å². The lowest BCUT2D eigenvalue weighted by Gasteiger charge is -2.20. The minimum Gasteiger partial charge on any atom is -0.468 e. The number of esters is 1. The maximum atomic E-state index is 10.8. The van der Waals surface area contributed by atoms with Crippen LogP contribution in [0, 0.1) is 5.92 Å². The molecular weight excluding hydrogens is 144 g/mol. The first-order chi connectivity index (χ1) is 5.00. The number of carbonyl (C=O) groups excluding carboxylic acids is 1. The van der Waals surface area contributed by atoms with Crippen molar-refractivity contribution in [2.75, 3.05) is 7.11 Å². The quantitative estimate of drug-likeness (QED) is 0.544. The second kappa shape index (κ2) is 4.31. The topological polar surface area (TPSA) is 78.3 Å². The van der Waals surface area contributed by atoms with E-state index in [0.717, 1.165) is 0 Å². The van der Waals surface area contributed by atoms with Gasteiger partial charge in [-0.1, -0.05) is 13.8 Å². The molecule has 11 heavy (non-hydrogen) atoms. The summed E-state index contributed by atoms with van der Waals surface area (Å²) in [6, 6.07) is -1.04. The molecule has 4 heteroatoms. The molecule has 66 valence electrons. The van der Waals surface area contributed by atoms with Gasteiger partial charge in [0, 0.05) is 6.04 Å². The summed E-state index contributed by atoms with van der Waals surface area (Å²) in [5, 5.41) is 0. The Hall–Kier alpha value is -0.610. The molecule has 0 aromatic carbocycles. The fraction of sp³-hybridized carbons (Fsp3) is 0.857. The molecule has 0 fully saturated rings. The first-order valence-electron chi connectivity index (χ1n) is 3.59. The van der Waals surface area contributed by atoms with Crippen LogP contribution in [0.3, 0.4) is 0 Å². The zero-order valence-corrected chi connectivity index (χ0v) is 7.20. The molecule has 0 heterocycles. The van der Waals surface area contributed by atoms with E-state index in [0.29, 0.717) is 0 Å². The van der Waals surface area contributed by atoms with Crippen molar-refractivity contribution in [3.63, 3.8) is 0 Å². The summed E-state index contributed by atoms with van der Waals surface area (Å²) in [7, 11) is 1.30. The number of hydrogen-bond acceptors (Lipinski definition) is 4. The van der Waals surface area contributed by atoms with E-state index in [2.05, 4.69) is 4.74 Å². The van der Waals surface area contributed by atoms with Crippen molar-refractivity contribution in [2.45, 2.75) is 25.9 Å². The summed E-state index contributed by atoms with van der Waals surface area (Å²) in [6.07, 6.45) is 0. The smallest absolute Gasteiger partial charge is 0.324 e. The molecule has 0 radical (unpaired) electrons. The van der Waals surface area contributed by atoms with Gasteiger partial charge in [-0.25, -0.2) is 0 Å². The van der Waals surface area contributed by atoms with Gasteiger partial charge in [0.25, 0.3) is 0 Å². The van der Waals surface area contributed by atoms with Crippen LogP contribution in [-0.2, 0) is 9.53 Å². The van der Waals surface area contributed by atoms with E-state index in [4.69, 9.17) is 11.5 Å². The highest BCUT2D eigenvalue weighted by molar-refractivity contribution is 5.76. The molecule has 0 saturated carbocycles. The predicted octanol–water partition coefficient (Wildman–Crippen LogP) is -0.530. The minimum atomic E-state index is -0.708. The van der Waals surface area contributed by atoms with E-state index in [1.54, 1.807) is 0 Å². The lowest BCUT2D eigenvalue weighted by Crippen LogP contribution is -2.50. The molecule has 4 nitrogen and oxygen atoms in total. The second-order valence-corrected chi connectivity index (χ2v) is 2.87. The average Bonchev–Trinajstić information content (AvgIpc) is 2.00. The van der Waals surface area contributed by atoms with Crippen LogP contribution in [-0.4, -0.2) is 25.2 Å². The summed E-state index contributed by atoms with van der Waals surface area (Å²) >= 11 is 0. The zero-order valence-electron chi connectivity index (χ0n) is 7.20. The number of carbonyl (C=O) groups is 1. The summed E-state index contributed by atoms with van der Waals surface area (Å²) < 4.78 is 4.44. The Kier molecular flexibility index (Phi) is 4.07. The number of methoxy groups -OCH3 is 1. The molecule has 0 bridgehead atoms. The van der Waals surface area contributed by atoms with Crippen LogP contribution in [0.2, 0.25) is 0 Å². The van der Waals surface area contributed by atoms with Crippen molar-refractivity contribution in [1.82, 2.24) is 0 Å². The Bertz CT molecular complexity index is 136. The van der Waals surface area contributed by atoms with E-state index < -0.39 is 12.0 Å². The molecule has 0 amide bonds. The molecule has 0 aliphatic carbocycles. The number of rotatable bonds is 3. The highest BCUT2D eigenvalue weighted by atomic mass is 16.5. The standard InChI is InChI=1S/C7H16N2O2/c1-4(2)5(8)6(9)7(10)11-3/h4-6H,8-9H2,1-3H3. The van der Waals surface area contributed by atoms with E-state index >= 15 is 0 Å². The van der Waals surface area contributed by atoms with Gasteiger partial charge in [0.05, 0.1) is 7.11 Å². The predicted molar refractivity (Wildman–Crippen MR) is 42.8 cm³/mol. The number of ether oxygens (including phenoxy) is 1. The summed E-state index contributed by atoms with van der Waals surface area (Å²) in [5.41, 5.74) is 11.1. The van der Waals surface area contributed by atoms with Gasteiger partial charge in [-0.2, -0.15) is 0 Å². The summed E-state index contributed by atoms with van der Waals surface area (Å²) in [5.74, 6) is -0.268. The fourth-order valence-corrected chi connectivity index (χ4v) is 0.708. The van der Waals surface area contributed by atoms with E-state index in [9.17, 15) is 4.79 Å². The molecule has 0 spiro atoms. The number of hydrogen-bond donors (Lipinski definition) is 2. The Morgan fingerprint density at radius 2 is 1.82 bits per heavy atom. The molecule has 0 rings (SSSR count). The minimum absolute atomic E-state index is 0.184. The summed E-state index contributed by atoms with van der Waals surface area (Å²) in [4.78, 5) is 10.8. The first kappa shape index (κ1) is 10.4. The van der Waals surface area contributed by atoms with Gasteiger partial charge in [0.15, 0.2) is 0 Å². The Balaban J connectivity index is 4.01. The summed E-state index contributed by atoms with van der Waals surface area (Å²) in [6.45, 7) is 3.82. The Morgan fingerprint density at radius 1 is 1.36 bits per heavy atom. The van der Waals surface area contributed by atoms with Crippen LogP contribution in [0.25, 0.3) is 0 Å². The largest absolute Gasteiger partial charge is 0.468 e. The van der Waals surface area contributed by atoms with Gasteiger partial charge in [-0.05, 0) is 5.92 Å². The van der Waals surface area contributed by atoms with E-state index in [1.165, 1.54) is 7.11 Å². The van der Waals surface area contributed by atoms with Crippen LogP contribution >= 0.6 is 0 Å². The molecule has 4 N–H and O–H groups in total. The molecule has 0 saturated heterocycles. The lowest BCUT2D eigenvalue weighted by atomic mass is 9.98. The van der Waals surface area contributed by atoms with E-state index in [1.807, 2.05) is 13.8 Å². The Labute approximate surface area is 66.9 Å². The SMILES string of the molecule is COC(=O)C(N)C(N)C(C)C. The van der Waals surface area contributed by atoms with Crippen molar-refractivity contribution in [3.05, 3.63) is 0 Å². The first-order valence-corrected chi connectivity index (χ1v) is 3.59. The van der Waals surface area contributed by atoms with Gasteiger partial charge < -0.3 is 16.2 Å². The van der Waals surface area contributed by atoms with Gasteiger partial charge >= 0.3 is 5.97 Å². The van der Waals surface area contributed by atoms with Gasteiger partial charge in [-0.15, -0.1) is 0 Å². The Morgan fingerprint density at radius 3 is 2.09 bits per heavy atom. The number of nitrogens with two attached hydrogens (primary N) is 2. The van der Waals surface area contributed by atoms with Crippen LogP contribution < -0.4 is 11.5 Å². The van der Waals surface area contributed by atoms with Crippen molar-refractivity contribution in [1.29, 1.82) is 0 Å². The van der Waals surface area contributed by atoms with Crippen LogP contribution in [0.15, 0.2) is 0 Å². The highest BCUT2D eigenvalue weighted by Gasteiger charge is 2.23. The second-order valence-electron chi connectivity index (χ2n) is 2.87. The van der Waals surface area contributed by atoms with Crippen LogP contribution in [0.4, 0.5) is 0 Å². The molecular formula is C7H16N2O2. The lowest BCUT2D eigenvalue weighted by molar-refractivity contribution is -0.142. The van der Waals surface area contributed by atoms with Crippen LogP contribution in [0.1, 0.15) is 13.8 Å². The fourth-order valence-electron chi connectivity index (χ4n) is 0.708. The zero-order chi connectivity index (χ0) is 9.02. The highest BCUT2D eigenvalue weighted by Crippen LogP contribution is 2.02. The normalized spacial score (nSPS) is 16.2. The van der Waals surface area contributed by atoms with E-state index in [-0.39, 0.29) is 12.0 Å². The third kappa shape index (κ3) is 2.86. The molecule has 0 aliphatic rings. The third-order valence-corrected chi connectivity index (χ3v) is 1.66. The van der Waals surface area contributed by atoms with Crippen LogP contribution in [0.5, 0.6) is 0 Å². The van der Waals surface area contributed by atoms with Gasteiger partial charge in [0.2, 0.25) is 0 Å². The molecule has 0 aromatic heterocycles. The van der Waals surface area contributed by atoms with Crippen molar-refractivity contribution in [2.24, 2.45) is 17.4 Å². The maximum absolute atomic E-state index is 10.8. The maximum Gasteiger partial charge on any atom is 0.324 e. The van der Waals surface area contributed by atoms with Crippen molar-refractivity contribution < 1.29 is 9.53 Å². The monoisotopic (exact) mass is 160 g/mol.